The molecule has 1 aliphatic rings. The lowest BCUT2D eigenvalue weighted by atomic mass is 9.95. The van der Waals surface area contributed by atoms with E-state index in [-0.39, 0.29) is 0 Å². The average Bonchev–Trinajstić information content (AvgIpc) is 3.23. The molecule has 3 rings (SSSR count). The van der Waals surface area contributed by atoms with Crippen molar-refractivity contribution in [1.82, 2.24) is 14.5 Å². The molecule has 2 unspecified atom stereocenters. The van der Waals surface area contributed by atoms with E-state index in [0.717, 1.165) is 45.3 Å². The normalized spacial score (nSPS) is 19.0. The fraction of sp³-hybridized carbons (Fsp3) is 0.500. The summed E-state index contributed by atoms with van der Waals surface area (Å²) in [6.45, 7) is 4.89. The van der Waals surface area contributed by atoms with E-state index in [4.69, 9.17) is 0 Å². The number of amides is 1. The van der Waals surface area contributed by atoms with Crippen molar-refractivity contribution in [3.63, 3.8) is 0 Å². The smallest absolute Gasteiger partial charge is 0.222 e. The van der Waals surface area contributed by atoms with Gasteiger partial charge in [-0.3, -0.25) is 4.79 Å². The largest absolute Gasteiger partial charge is 0.342 e. The maximum Gasteiger partial charge on any atom is 0.222 e. The molecule has 2 heterocycles. The Morgan fingerprint density at radius 1 is 1.29 bits per heavy atom. The highest BCUT2D eigenvalue weighted by molar-refractivity contribution is 5.78. The number of aryl methyl sites for hydroxylation is 1. The molecule has 0 radical (unpaired) electrons. The van der Waals surface area contributed by atoms with E-state index in [0.29, 0.717) is 17.7 Å². The Hall–Kier alpha value is -2.10. The third-order valence-corrected chi connectivity index (χ3v) is 5.00. The Balaban J connectivity index is 1.67. The highest BCUT2D eigenvalue weighted by Crippen LogP contribution is 2.27. The van der Waals surface area contributed by atoms with Crippen molar-refractivity contribution in [3.05, 3.63) is 54.6 Å². The van der Waals surface area contributed by atoms with Crippen LogP contribution in [0.15, 0.2) is 49.1 Å². The van der Waals surface area contributed by atoms with Crippen LogP contribution in [0.1, 0.15) is 44.1 Å². The maximum absolute atomic E-state index is 12.4. The van der Waals surface area contributed by atoms with E-state index < -0.39 is 0 Å². The van der Waals surface area contributed by atoms with Crippen molar-refractivity contribution in [2.45, 2.75) is 45.1 Å². The first-order valence-electron chi connectivity index (χ1n) is 9.04. The summed E-state index contributed by atoms with van der Waals surface area (Å²) in [4.78, 5) is 18.6. The van der Waals surface area contributed by atoms with Gasteiger partial charge in [-0.1, -0.05) is 43.7 Å². The average molecular weight is 325 g/mol. The Labute approximate surface area is 144 Å². The zero-order valence-electron chi connectivity index (χ0n) is 14.5. The van der Waals surface area contributed by atoms with Crippen molar-refractivity contribution >= 4 is 5.91 Å². The Morgan fingerprint density at radius 2 is 2.12 bits per heavy atom. The van der Waals surface area contributed by atoms with E-state index in [2.05, 4.69) is 51.7 Å². The number of hydrogen-bond donors (Lipinski definition) is 0. The molecule has 0 N–H and O–H groups in total. The van der Waals surface area contributed by atoms with Crippen molar-refractivity contribution in [3.8, 4) is 0 Å². The van der Waals surface area contributed by atoms with Gasteiger partial charge in [0.05, 0.1) is 6.33 Å². The van der Waals surface area contributed by atoms with Crippen LogP contribution in [0, 0.1) is 5.92 Å². The predicted molar refractivity (Wildman–Crippen MR) is 95.6 cm³/mol. The first-order chi connectivity index (χ1) is 11.8. The van der Waals surface area contributed by atoms with Gasteiger partial charge in [0, 0.05) is 44.4 Å². The molecular formula is C20H27N3O. The second kappa shape index (κ2) is 8.13. The molecule has 4 nitrogen and oxygen atoms in total. The van der Waals surface area contributed by atoms with Crippen LogP contribution in [0.2, 0.25) is 0 Å². The monoisotopic (exact) mass is 325 g/mol. The number of hydrogen-bond acceptors (Lipinski definition) is 2. The molecule has 2 aromatic rings. The minimum absolute atomic E-state index is 0.331. The van der Waals surface area contributed by atoms with Crippen LogP contribution >= 0.6 is 0 Å². The van der Waals surface area contributed by atoms with E-state index >= 15 is 0 Å². The topological polar surface area (TPSA) is 38.1 Å². The molecule has 1 aromatic carbocycles. The van der Waals surface area contributed by atoms with Gasteiger partial charge in [-0.15, -0.1) is 0 Å². The molecule has 1 aromatic heterocycles. The summed E-state index contributed by atoms with van der Waals surface area (Å²) in [6, 6.07) is 10.6. The standard InChI is InChI=1S/C20H27N3O/c1-2-6-17-13-20(24)23(14-17)15-19(18-7-4-3-5-8-18)9-11-22-12-10-21-16-22/h3-5,7-8,10,12,16-17,19H,2,6,9,11,13-15H2,1H3. The molecule has 1 fully saturated rings. The molecule has 1 amide bonds. The third-order valence-electron chi connectivity index (χ3n) is 5.00. The van der Waals surface area contributed by atoms with Crippen LogP contribution < -0.4 is 0 Å². The van der Waals surface area contributed by atoms with Gasteiger partial charge in [0.15, 0.2) is 0 Å². The fourth-order valence-electron chi connectivity index (χ4n) is 3.71. The quantitative estimate of drug-likeness (QED) is 0.742. The predicted octanol–water partition coefficient (Wildman–Crippen LogP) is 3.71. The Kier molecular flexibility index (Phi) is 5.68. The molecule has 24 heavy (non-hydrogen) atoms. The number of imidazole rings is 1. The van der Waals surface area contributed by atoms with Gasteiger partial charge < -0.3 is 9.47 Å². The lowest BCUT2D eigenvalue weighted by Crippen LogP contribution is -2.30. The van der Waals surface area contributed by atoms with Gasteiger partial charge in [-0.2, -0.15) is 0 Å². The molecule has 0 bridgehead atoms. The molecule has 0 aliphatic carbocycles. The van der Waals surface area contributed by atoms with Crippen LogP contribution in [0.3, 0.4) is 0 Å². The highest BCUT2D eigenvalue weighted by atomic mass is 16.2. The van der Waals surface area contributed by atoms with E-state index in [9.17, 15) is 4.79 Å². The molecule has 4 heteroatoms. The SMILES string of the molecule is CCCC1CC(=O)N(CC(CCn2ccnc2)c2ccccc2)C1. The molecule has 2 atom stereocenters. The molecular weight excluding hydrogens is 298 g/mol. The first kappa shape index (κ1) is 16.7. The second-order valence-electron chi connectivity index (χ2n) is 6.85. The number of aromatic nitrogens is 2. The van der Waals surface area contributed by atoms with Gasteiger partial charge in [0.1, 0.15) is 0 Å². The summed E-state index contributed by atoms with van der Waals surface area (Å²) in [7, 11) is 0. The van der Waals surface area contributed by atoms with E-state index in [1.165, 1.54) is 5.56 Å². The number of rotatable bonds is 8. The maximum atomic E-state index is 12.4. The highest BCUT2D eigenvalue weighted by Gasteiger charge is 2.30. The van der Waals surface area contributed by atoms with Crippen molar-refractivity contribution in [1.29, 1.82) is 0 Å². The zero-order valence-corrected chi connectivity index (χ0v) is 14.5. The second-order valence-corrected chi connectivity index (χ2v) is 6.85. The summed E-state index contributed by atoms with van der Waals surface area (Å²) in [6.07, 6.45) is 9.75. The molecule has 0 saturated carbocycles. The van der Waals surface area contributed by atoms with Crippen LogP contribution in [0.25, 0.3) is 0 Å². The Morgan fingerprint density at radius 3 is 2.83 bits per heavy atom. The van der Waals surface area contributed by atoms with Gasteiger partial charge >= 0.3 is 0 Å². The summed E-state index contributed by atoms with van der Waals surface area (Å²) < 4.78 is 2.11. The van der Waals surface area contributed by atoms with Crippen molar-refractivity contribution in [2.75, 3.05) is 13.1 Å². The van der Waals surface area contributed by atoms with Crippen LogP contribution in [0.5, 0.6) is 0 Å². The number of likely N-dealkylation sites (tertiary alicyclic amines) is 1. The molecule has 0 spiro atoms. The van der Waals surface area contributed by atoms with Crippen LogP contribution in [-0.2, 0) is 11.3 Å². The summed E-state index contributed by atoms with van der Waals surface area (Å²) >= 11 is 0. The first-order valence-corrected chi connectivity index (χ1v) is 9.04. The lowest BCUT2D eigenvalue weighted by Gasteiger charge is -2.25. The number of carbonyl (C=O) groups excluding carboxylic acids is 1. The van der Waals surface area contributed by atoms with Gasteiger partial charge in [-0.25, -0.2) is 4.98 Å². The number of nitrogens with zero attached hydrogens (tertiary/aromatic N) is 3. The lowest BCUT2D eigenvalue weighted by molar-refractivity contribution is -0.128. The van der Waals surface area contributed by atoms with Crippen LogP contribution in [-0.4, -0.2) is 33.4 Å². The number of carbonyl (C=O) groups is 1. The molecule has 1 saturated heterocycles. The fourth-order valence-corrected chi connectivity index (χ4v) is 3.71. The summed E-state index contributed by atoms with van der Waals surface area (Å²) in [5, 5.41) is 0. The van der Waals surface area contributed by atoms with Crippen molar-refractivity contribution < 1.29 is 4.79 Å². The van der Waals surface area contributed by atoms with Gasteiger partial charge in [0.25, 0.3) is 0 Å². The molecule has 1 aliphatic heterocycles. The van der Waals surface area contributed by atoms with Crippen LogP contribution in [0.4, 0.5) is 0 Å². The summed E-state index contributed by atoms with van der Waals surface area (Å²) in [5.41, 5.74) is 1.32. The van der Waals surface area contributed by atoms with E-state index in [1.807, 2.05) is 18.7 Å². The zero-order chi connectivity index (χ0) is 16.8. The Bertz CT molecular complexity index is 624. The summed E-state index contributed by atoms with van der Waals surface area (Å²) in [5.74, 6) is 1.25. The van der Waals surface area contributed by atoms with Gasteiger partial charge in [-0.05, 0) is 24.3 Å². The van der Waals surface area contributed by atoms with E-state index in [1.54, 1.807) is 0 Å². The van der Waals surface area contributed by atoms with Gasteiger partial charge in [0.2, 0.25) is 5.91 Å². The van der Waals surface area contributed by atoms with Crippen molar-refractivity contribution in [2.24, 2.45) is 5.92 Å². The third kappa shape index (κ3) is 4.25. The minimum Gasteiger partial charge on any atom is -0.342 e. The molecule has 128 valence electrons. The number of benzene rings is 1. The minimum atomic E-state index is 0.331.